The molecule has 1 aromatic rings. The van der Waals surface area contributed by atoms with Crippen molar-refractivity contribution in [3.8, 4) is 11.8 Å². The maximum Gasteiger partial charge on any atom is 0.0177 e. The van der Waals surface area contributed by atoms with E-state index in [1.165, 1.54) is 5.56 Å². The highest BCUT2D eigenvalue weighted by Crippen LogP contribution is 2.09. The Morgan fingerprint density at radius 3 is 1.96 bits per heavy atom. The van der Waals surface area contributed by atoms with Crippen molar-refractivity contribution in [2.45, 2.75) is 13.8 Å². The largest absolute Gasteiger partial charge is 0.0961 e. The van der Waals surface area contributed by atoms with Crippen LogP contribution in [0.1, 0.15) is 12.5 Å². The normalized spacial score (nSPS) is 11.2. The topological polar surface area (TPSA) is 0 Å². The van der Waals surface area contributed by atoms with Gasteiger partial charge in [-0.25, -0.2) is 0 Å². The molecule has 0 aliphatic rings. The summed E-state index contributed by atoms with van der Waals surface area (Å²) in [7, 11) is 0. The van der Waals surface area contributed by atoms with Crippen molar-refractivity contribution in [2.24, 2.45) is 0 Å². The summed E-state index contributed by atoms with van der Waals surface area (Å²) in [5, 5.41) is 2.01. The van der Waals surface area contributed by atoms with Crippen molar-refractivity contribution in [3.63, 3.8) is 0 Å². The van der Waals surface area contributed by atoms with E-state index >= 15 is 0 Å². The second-order valence-corrected chi connectivity index (χ2v) is 6.21. The van der Waals surface area contributed by atoms with Crippen molar-refractivity contribution in [2.75, 3.05) is 0 Å². The van der Waals surface area contributed by atoms with Gasteiger partial charge in [0.15, 0.2) is 0 Å². The van der Waals surface area contributed by atoms with Gasteiger partial charge in [-0.15, -0.1) is 0 Å². The standard InChI is InChI=1S/C26H26/c1-19(2)9-10-20(3)11-12-21(4)13-15-23(6)24(7)18-26-16-14-22(5)17-25(26)8/h9-10,13-18H,1,3-4,6-8H2,2,5H3/b10-9-,15-13-,26-18-. The van der Waals surface area contributed by atoms with Crippen LogP contribution in [0.25, 0.3) is 12.7 Å². The Balaban J connectivity index is 2.79. The zero-order valence-corrected chi connectivity index (χ0v) is 15.9. The Kier molecular flexibility index (Phi) is 7.87. The van der Waals surface area contributed by atoms with Gasteiger partial charge >= 0.3 is 0 Å². The zero-order valence-electron chi connectivity index (χ0n) is 15.9. The van der Waals surface area contributed by atoms with Crippen molar-refractivity contribution in [3.05, 3.63) is 119 Å². The molecular formula is C26H26. The van der Waals surface area contributed by atoms with Gasteiger partial charge in [-0.3, -0.25) is 0 Å². The molecular weight excluding hydrogens is 312 g/mol. The molecule has 0 aliphatic heterocycles. The molecule has 0 spiro atoms. The maximum atomic E-state index is 4.08. The van der Waals surface area contributed by atoms with Gasteiger partial charge in [0.25, 0.3) is 0 Å². The molecule has 0 fully saturated rings. The van der Waals surface area contributed by atoms with Crippen LogP contribution in [-0.2, 0) is 0 Å². The lowest BCUT2D eigenvalue weighted by Gasteiger charge is -2.00. The minimum atomic E-state index is 0.678. The first-order valence-corrected chi connectivity index (χ1v) is 8.26. The molecule has 0 heteroatoms. The van der Waals surface area contributed by atoms with Crippen LogP contribution in [0, 0.1) is 18.8 Å². The van der Waals surface area contributed by atoms with E-state index in [0.717, 1.165) is 27.2 Å². The van der Waals surface area contributed by atoms with Crippen LogP contribution in [0.4, 0.5) is 0 Å². The van der Waals surface area contributed by atoms with E-state index in [9.17, 15) is 0 Å². The first kappa shape index (κ1) is 20.7. The number of hydrogen-bond acceptors (Lipinski definition) is 0. The summed E-state index contributed by atoms with van der Waals surface area (Å²) in [6.07, 6.45) is 9.37. The summed E-state index contributed by atoms with van der Waals surface area (Å²) in [5.41, 5.74) is 5.15. The molecule has 0 aliphatic carbocycles. The van der Waals surface area contributed by atoms with Crippen molar-refractivity contribution in [1.82, 2.24) is 0 Å². The SMILES string of the molecule is C=C(C)/C=C\C(=C)C#CC(=C)/C=C\C(=C)C(=C)/C=c1/ccc(C)cc1=C. The number of hydrogen-bond donors (Lipinski definition) is 0. The molecule has 0 heterocycles. The van der Waals surface area contributed by atoms with E-state index in [2.05, 4.69) is 57.4 Å². The third-order valence-electron chi connectivity index (χ3n) is 3.48. The number of aryl methyl sites for hydroxylation is 1. The van der Waals surface area contributed by atoms with Crippen molar-refractivity contribution in [1.29, 1.82) is 0 Å². The molecule has 0 bridgehead atoms. The molecule has 1 rings (SSSR count). The zero-order chi connectivity index (χ0) is 19.7. The van der Waals surface area contributed by atoms with Crippen LogP contribution in [-0.4, -0.2) is 0 Å². The van der Waals surface area contributed by atoms with Gasteiger partial charge in [0.05, 0.1) is 0 Å². The van der Waals surface area contributed by atoms with Gasteiger partial charge in [-0.05, 0) is 53.7 Å². The molecule has 0 aromatic heterocycles. The average Bonchev–Trinajstić information content (AvgIpc) is 2.58. The third kappa shape index (κ3) is 7.51. The molecule has 0 atom stereocenters. The number of allylic oxidation sites excluding steroid dienone is 9. The van der Waals surface area contributed by atoms with Crippen LogP contribution in [0.5, 0.6) is 0 Å². The van der Waals surface area contributed by atoms with Gasteiger partial charge in [0, 0.05) is 11.1 Å². The first-order valence-electron chi connectivity index (χ1n) is 8.26. The van der Waals surface area contributed by atoms with Crippen LogP contribution >= 0.6 is 0 Å². The Labute approximate surface area is 158 Å². The summed E-state index contributed by atoms with van der Waals surface area (Å²) in [6, 6.07) is 6.14. The van der Waals surface area contributed by atoms with Gasteiger partial charge in [0.1, 0.15) is 0 Å². The van der Waals surface area contributed by atoms with Crippen molar-refractivity contribution >= 4 is 12.7 Å². The molecule has 0 nitrogen and oxygen atoms in total. The fraction of sp³-hybridized carbons (Fsp3) is 0.0769. The molecule has 0 radical (unpaired) electrons. The number of rotatable bonds is 6. The summed E-state index contributed by atoms with van der Waals surface area (Å²) in [4.78, 5) is 0. The summed E-state index contributed by atoms with van der Waals surface area (Å²) in [5.74, 6) is 5.91. The molecule has 130 valence electrons. The molecule has 26 heavy (non-hydrogen) atoms. The molecule has 0 saturated carbocycles. The number of benzene rings is 1. The van der Waals surface area contributed by atoms with E-state index in [1.807, 2.05) is 56.4 Å². The first-order chi connectivity index (χ1) is 12.2. The predicted molar refractivity (Wildman–Crippen MR) is 118 cm³/mol. The van der Waals surface area contributed by atoms with Gasteiger partial charge in [-0.1, -0.05) is 92.8 Å². The quantitative estimate of drug-likeness (QED) is 0.500. The smallest absolute Gasteiger partial charge is 0.0177 e. The average molecular weight is 338 g/mol. The lowest BCUT2D eigenvalue weighted by atomic mass is 10.1. The Hall–Kier alpha value is -3.30. The Bertz CT molecular complexity index is 992. The van der Waals surface area contributed by atoms with E-state index in [4.69, 9.17) is 0 Å². The van der Waals surface area contributed by atoms with E-state index in [0.29, 0.717) is 11.1 Å². The van der Waals surface area contributed by atoms with Crippen LogP contribution in [0.3, 0.4) is 0 Å². The van der Waals surface area contributed by atoms with E-state index in [-0.39, 0.29) is 0 Å². The van der Waals surface area contributed by atoms with Gasteiger partial charge in [-0.2, -0.15) is 0 Å². The Morgan fingerprint density at radius 1 is 0.846 bits per heavy atom. The van der Waals surface area contributed by atoms with E-state index < -0.39 is 0 Å². The molecule has 0 saturated heterocycles. The monoisotopic (exact) mass is 338 g/mol. The highest BCUT2D eigenvalue weighted by Gasteiger charge is 1.94. The second kappa shape index (κ2) is 9.87. The van der Waals surface area contributed by atoms with Gasteiger partial charge in [0.2, 0.25) is 0 Å². The van der Waals surface area contributed by atoms with E-state index in [1.54, 1.807) is 0 Å². The summed E-state index contributed by atoms with van der Waals surface area (Å²) >= 11 is 0. The van der Waals surface area contributed by atoms with Crippen molar-refractivity contribution < 1.29 is 0 Å². The molecule has 0 N–H and O–H groups in total. The van der Waals surface area contributed by atoms with Gasteiger partial charge < -0.3 is 0 Å². The molecule has 0 amide bonds. The maximum absolute atomic E-state index is 4.08. The third-order valence-corrected chi connectivity index (χ3v) is 3.48. The highest BCUT2D eigenvalue weighted by atomic mass is 14.0. The minimum Gasteiger partial charge on any atom is -0.0961 e. The summed E-state index contributed by atoms with van der Waals surface area (Å²) in [6.45, 7) is 27.8. The summed E-state index contributed by atoms with van der Waals surface area (Å²) < 4.78 is 0. The van der Waals surface area contributed by atoms with Crippen LogP contribution < -0.4 is 10.4 Å². The van der Waals surface area contributed by atoms with Crippen LogP contribution in [0.2, 0.25) is 0 Å². The molecule has 1 aromatic carbocycles. The predicted octanol–water partition coefficient (Wildman–Crippen LogP) is 5.10. The fourth-order valence-corrected chi connectivity index (χ4v) is 1.95. The lowest BCUT2D eigenvalue weighted by molar-refractivity contribution is 1.40. The molecule has 0 unspecified atom stereocenters. The lowest BCUT2D eigenvalue weighted by Crippen LogP contribution is -2.22. The fourth-order valence-electron chi connectivity index (χ4n) is 1.95. The minimum absolute atomic E-state index is 0.678. The second-order valence-electron chi connectivity index (χ2n) is 6.21. The Morgan fingerprint density at radius 2 is 1.42 bits per heavy atom. The van der Waals surface area contributed by atoms with Crippen LogP contribution in [0.15, 0.2) is 103 Å². The highest BCUT2D eigenvalue weighted by molar-refractivity contribution is 5.60.